The molecule has 8 heteroatoms. The Morgan fingerprint density at radius 3 is 2.97 bits per heavy atom. The number of hydrogen-bond acceptors (Lipinski definition) is 5. The maximum Gasteiger partial charge on any atom is 0.257 e. The molecule has 0 aliphatic carbocycles. The summed E-state index contributed by atoms with van der Waals surface area (Å²) in [5.41, 5.74) is 2.07. The molecule has 5 heterocycles. The third-order valence-electron chi connectivity index (χ3n) is 6.04. The van der Waals surface area contributed by atoms with Crippen molar-refractivity contribution in [2.24, 2.45) is 0 Å². The van der Waals surface area contributed by atoms with E-state index in [2.05, 4.69) is 15.3 Å². The van der Waals surface area contributed by atoms with Crippen molar-refractivity contribution in [2.45, 2.75) is 57.5 Å². The lowest BCUT2D eigenvalue weighted by atomic mass is 9.96. The lowest BCUT2D eigenvalue weighted by Gasteiger charge is -2.26. The first-order chi connectivity index (χ1) is 14.4. The fourth-order valence-corrected chi connectivity index (χ4v) is 4.55. The van der Waals surface area contributed by atoms with Crippen LogP contribution in [-0.4, -0.2) is 37.6 Å². The van der Waals surface area contributed by atoms with Gasteiger partial charge in [0.05, 0.1) is 17.9 Å². The number of amides is 1. The maximum absolute atomic E-state index is 14.4. The van der Waals surface area contributed by atoms with Gasteiger partial charge in [-0.25, -0.2) is 13.9 Å². The molecule has 1 amide bonds. The first-order valence-electron chi connectivity index (χ1n) is 10.5. The molecular formula is C22H25FN6O. The molecule has 30 heavy (non-hydrogen) atoms. The third-order valence-corrected chi connectivity index (χ3v) is 6.04. The van der Waals surface area contributed by atoms with E-state index in [-0.39, 0.29) is 17.8 Å². The molecule has 5 rings (SSSR count). The highest BCUT2D eigenvalue weighted by atomic mass is 19.1. The topological polar surface area (TPSA) is 75.4 Å². The monoisotopic (exact) mass is 408 g/mol. The van der Waals surface area contributed by atoms with Gasteiger partial charge in [0.2, 0.25) is 0 Å². The van der Waals surface area contributed by atoms with E-state index in [1.807, 2.05) is 26.1 Å². The summed E-state index contributed by atoms with van der Waals surface area (Å²) in [6.45, 7) is 4.80. The maximum atomic E-state index is 14.4. The van der Waals surface area contributed by atoms with Gasteiger partial charge in [0, 0.05) is 24.0 Å². The third kappa shape index (κ3) is 3.40. The van der Waals surface area contributed by atoms with Crippen LogP contribution in [0.5, 0.6) is 0 Å². The van der Waals surface area contributed by atoms with Crippen LogP contribution >= 0.6 is 0 Å². The second-order valence-corrected chi connectivity index (χ2v) is 8.86. The number of aryl methyl sites for hydroxylation is 1. The molecule has 3 aromatic heterocycles. The predicted octanol–water partition coefficient (Wildman–Crippen LogP) is 3.45. The van der Waals surface area contributed by atoms with Gasteiger partial charge in [-0.05, 0) is 64.2 Å². The zero-order valence-electron chi connectivity index (χ0n) is 17.2. The number of carbonyl (C=O) groups is 1. The van der Waals surface area contributed by atoms with Gasteiger partial charge in [0.15, 0.2) is 5.65 Å². The predicted molar refractivity (Wildman–Crippen MR) is 111 cm³/mol. The van der Waals surface area contributed by atoms with Crippen LogP contribution < -0.4 is 10.2 Å². The van der Waals surface area contributed by atoms with Crippen LogP contribution in [0.1, 0.15) is 67.3 Å². The number of fused-ring (bicyclic) bond motifs is 6. The second-order valence-electron chi connectivity index (χ2n) is 8.86. The molecule has 2 aliphatic rings. The molecule has 0 aromatic carbocycles. The Labute approximate surface area is 174 Å². The standard InChI is InChI=1S/C22H25FN6O/c1-22(2)8-3-5-15-11-14(23)12-17(25-15)18-6-4-9-28(18)19-7-10-29-20(26-19)16(13-24-29)21(30)27-22/h7,10-13,18H,3-6,8-9H2,1-2H3,(H,27,30). The van der Waals surface area contributed by atoms with E-state index in [9.17, 15) is 9.18 Å². The molecule has 4 bridgehead atoms. The Bertz CT molecular complexity index is 1120. The SMILES string of the molecule is CC1(C)CCCc2cc(F)cc(n2)C2CCCN2c2ccn3ncc(c3n2)C(=O)N1. The lowest BCUT2D eigenvalue weighted by molar-refractivity contribution is 0.0910. The Balaban J connectivity index is 1.65. The zero-order valence-corrected chi connectivity index (χ0v) is 17.2. The summed E-state index contributed by atoms with van der Waals surface area (Å²) in [7, 11) is 0. The number of nitrogens with one attached hydrogen (secondary N) is 1. The van der Waals surface area contributed by atoms with Gasteiger partial charge in [-0.2, -0.15) is 5.10 Å². The van der Waals surface area contributed by atoms with Crippen molar-refractivity contribution >= 4 is 17.4 Å². The minimum atomic E-state index is -0.417. The Hall–Kier alpha value is -3.03. The van der Waals surface area contributed by atoms with Crippen molar-refractivity contribution in [1.29, 1.82) is 0 Å². The number of hydrogen-bond donors (Lipinski definition) is 1. The van der Waals surface area contributed by atoms with Crippen LogP contribution in [0.2, 0.25) is 0 Å². The van der Waals surface area contributed by atoms with Crippen LogP contribution in [0.4, 0.5) is 10.2 Å². The van der Waals surface area contributed by atoms with Gasteiger partial charge in [-0.15, -0.1) is 0 Å². The van der Waals surface area contributed by atoms with Crippen LogP contribution in [0.3, 0.4) is 0 Å². The number of aromatic nitrogens is 4. The summed E-state index contributed by atoms with van der Waals surface area (Å²) in [6.07, 6.45) is 7.47. The van der Waals surface area contributed by atoms with Crippen molar-refractivity contribution in [1.82, 2.24) is 24.9 Å². The number of rotatable bonds is 0. The van der Waals surface area contributed by atoms with Gasteiger partial charge in [0.25, 0.3) is 5.91 Å². The highest BCUT2D eigenvalue weighted by Crippen LogP contribution is 2.35. The fraction of sp³-hybridized carbons (Fsp3) is 0.455. The largest absolute Gasteiger partial charge is 0.348 e. The first kappa shape index (κ1) is 19.0. The van der Waals surface area contributed by atoms with Crippen molar-refractivity contribution in [3.63, 3.8) is 0 Å². The molecule has 1 N–H and O–H groups in total. The Morgan fingerprint density at radius 1 is 1.23 bits per heavy atom. The molecule has 1 saturated heterocycles. The minimum Gasteiger partial charge on any atom is -0.348 e. The van der Waals surface area contributed by atoms with E-state index in [0.717, 1.165) is 49.4 Å². The molecule has 1 unspecified atom stereocenters. The molecule has 3 aromatic rings. The van der Waals surface area contributed by atoms with Crippen LogP contribution in [0.25, 0.3) is 5.65 Å². The molecule has 1 atom stereocenters. The number of halogens is 1. The van der Waals surface area contributed by atoms with Crippen molar-refractivity contribution < 1.29 is 9.18 Å². The van der Waals surface area contributed by atoms with Gasteiger partial charge in [-0.1, -0.05) is 0 Å². The molecule has 7 nitrogen and oxygen atoms in total. The summed E-state index contributed by atoms with van der Waals surface area (Å²) in [6, 6.07) is 4.93. The number of pyridine rings is 1. The van der Waals surface area contributed by atoms with Crippen LogP contribution in [0, 0.1) is 5.82 Å². The molecule has 0 spiro atoms. The van der Waals surface area contributed by atoms with Gasteiger partial charge < -0.3 is 10.2 Å². The van der Waals surface area contributed by atoms with Crippen molar-refractivity contribution in [3.8, 4) is 0 Å². The van der Waals surface area contributed by atoms with Crippen molar-refractivity contribution in [3.05, 3.63) is 53.4 Å². The molecule has 2 aliphatic heterocycles. The highest BCUT2D eigenvalue weighted by Gasteiger charge is 2.30. The van der Waals surface area contributed by atoms with E-state index in [1.54, 1.807) is 16.8 Å². The number of anilines is 1. The summed E-state index contributed by atoms with van der Waals surface area (Å²) >= 11 is 0. The van der Waals surface area contributed by atoms with E-state index in [4.69, 9.17) is 9.97 Å². The summed E-state index contributed by atoms with van der Waals surface area (Å²) in [5.74, 6) is 0.318. The lowest BCUT2D eigenvalue weighted by Crippen LogP contribution is -2.43. The van der Waals surface area contributed by atoms with Gasteiger partial charge >= 0.3 is 0 Å². The highest BCUT2D eigenvalue weighted by molar-refractivity contribution is 6.00. The summed E-state index contributed by atoms with van der Waals surface area (Å²) in [5, 5.41) is 7.40. The Morgan fingerprint density at radius 2 is 2.10 bits per heavy atom. The fourth-order valence-electron chi connectivity index (χ4n) is 4.55. The molecule has 0 saturated carbocycles. The van der Waals surface area contributed by atoms with Crippen LogP contribution in [-0.2, 0) is 6.42 Å². The first-order valence-corrected chi connectivity index (χ1v) is 10.5. The van der Waals surface area contributed by atoms with E-state index >= 15 is 0 Å². The number of nitrogens with zero attached hydrogens (tertiary/aromatic N) is 5. The average Bonchev–Trinajstić information content (AvgIpc) is 3.33. The smallest absolute Gasteiger partial charge is 0.257 e. The molecule has 1 fully saturated rings. The quantitative estimate of drug-likeness (QED) is 0.617. The Kier molecular flexibility index (Phi) is 4.45. The molecule has 0 radical (unpaired) electrons. The number of carbonyl (C=O) groups excluding carboxylic acids is 1. The minimum absolute atomic E-state index is 0.0313. The summed E-state index contributed by atoms with van der Waals surface area (Å²) < 4.78 is 16.0. The normalized spacial score (nSPS) is 21.2. The zero-order chi connectivity index (χ0) is 20.9. The van der Waals surface area contributed by atoms with Crippen molar-refractivity contribution in [2.75, 3.05) is 11.4 Å². The van der Waals surface area contributed by atoms with E-state index < -0.39 is 5.54 Å². The average molecular weight is 408 g/mol. The van der Waals surface area contributed by atoms with E-state index in [0.29, 0.717) is 17.6 Å². The molecular weight excluding hydrogens is 383 g/mol. The van der Waals surface area contributed by atoms with E-state index in [1.165, 1.54) is 6.07 Å². The molecule has 156 valence electrons. The van der Waals surface area contributed by atoms with Crippen LogP contribution in [0.15, 0.2) is 30.6 Å². The summed E-state index contributed by atoms with van der Waals surface area (Å²) in [4.78, 5) is 24.7. The second kappa shape index (κ2) is 7.04. The van der Waals surface area contributed by atoms with Gasteiger partial charge in [-0.3, -0.25) is 9.78 Å². The van der Waals surface area contributed by atoms with Gasteiger partial charge in [0.1, 0.15) is 17.2 Å².